The van der Waals surface area contributed by atoms with Crippen molar-refractivity contribution in [3.8, 4) is 0 Å². The highest BCUT2D eigenvalue weighted by Gasteiger charge is 2.20. The minimum absolute atomic E-state index is 0. The maximum atomic E-state index is 12.6. The van der Waals surface area contributed by atoms with Crippen molar-refractivity contribution in [1.29, 1.82) is 0 Å². The lowest BCUT2D eigenvalue weighted by Gasteiger charge is -2.16. The van der Waals surface area contributed by atoms with E-state index in [9.17, 15) is 13.2 Å². The highest BCUT2D eigenvalue weighted by molar-refractivity contribution is 7.89. The number of aromatic nitrogens is 2. The van der Waals surface area contributed by atoms with E-state index in [1.807, 2.05) is 6.92 Å². The highest BCUT2D eigenvalue weighted by Crippen LogP contribution is 2.18. The van der Waals surface area contributed by atoms with E-state index in [-0.39, 0.29) is 35.6 Å². The fourth-order valence-electron chi connectivity index (χ4n) is 2.62. The first-order chi connectivity index (χ1) is 10.8. The quantitative estimate of drug-likeness (QED) is 0.755. The summed E-state index contributed by atoms with van der Waals surface area (Å²) in [6.45, 7) is 2.30. The highest BCUT2D eigenvalue weighted by atomic mass is 35.5. The van der Waals surface area contributed by atoms with Gasteiger partial charge >= 0.3 is 5.69 Å². The lowest BCUT2D eigenvalue weighted by molar-refractivity contribution is 0.516. The zero-order chi connectivity index (χ0) is 17.2. The van der Waals surface area contributed by atoms with Gasteiger partial charge in [-0.3, -0.25) is 9.13 Å². The van der Waals surface area contributed by atoms with Crippen LogP contribution in [0.5, 0.6) is 0 Å². The molecule has 3 N–H and O–H groups in total. The number of rotatable bonds is 7. The van der Waals surface area contributed by atoms with Crippen LogP contribution in [-0.2, 0) is 24.1 Å². The maximum absolute atomic E-state index is 12.6. The predicted octanol–water partition coefficient (Wildman–Crippen LogP) is 1.09. The number of fused-ring (bicyclic) bond motifs is 1. The lowest BCUT2D eigenvalue weighted by atomic mass is 10.1. The average Bonchev–Trinajstić information content (AvgIpc) is 2.75. The number of nitrogens with zero attached hydrogens (tertiary/aromatic N) is 2. The van der Waals surface area contributed by atoms with Gasteiger partial charge in [-0.1, -0.05) is 19.8 Å². The van der Waals surface area contributed by atoms with Crippen molar-refractivity contribution in [3.63, 3.8) is 0 Å². The summed E-state index contributed by atoms with van der Waals surface area (Å²) in [6, 6.07) is 4.40. The van der Waals surface area contributed by atoms with Gasteiger partial charge in [0.05, 0.1) is 15.9 Å². The third kappa shape index (κ3) is 4.00. The van der Waals surface area contributed by atoms with Crippen LogP contribution in [0.25, 0.3) is 11.0 Å². The van der Waals surface area contributed by atoms with Gasteiger partial charge < -0.3 is 5.73 Å². The zero-order valence-corrected chi connectivity index (χ0v) is 15.8. The average molecular weight is 377 g/mol. The molecule has 9 heteroatoms. The van der Waals surface area contributed by atoms with Crippen LogP contribution in [0.1, 0.15) is 26.2 Å². The van der Waals surface area contributed by atoms with Crippen LogP contribution in [0.4, 0.5) is 0 Å². The molecule has 7 nitrogen and oxygen atoms in total. The Hall–Kier alpha value is -1.35. The number of nitrogens with one attached hydrogen (secondary N) is 1. The van der Waals surface area contributed by atoms with Crippen molar-refractivity contribution < 1.29 is 8.42 Å². The number of nitrogens with two attached hydrogens (primary N) is 1. The number of hydrogen-bond acceptors (Lipinski definition) is 4. The predicted molar refractivity (Wildman–Crippen MR) is 98.1 cm³/mol. The Bertz CT molecular complexity index is 857. The Kier molecular flexibility index (Phi) is 7.03. The van der Waals surface area contributed by atoms with Crippen molar-refractivity contribution in [3.05, 3.63) is 28.7 Å². The van der Waals surface area contributed by atoms with Gasteiger partial charge in [-0.2, -0.15) is 0 Å². The minimum atomic E-state index is -3.67. The van der Waals surface area contributed by atoms with Gasteiger partial charge in [-0.15, -0.1) is 12.4 Å². The summed E-state index contributed by atoms with van der Waals surface area (Å²) in [4.78, 5) is 12.1. The Morgan fingerprint density at radius 1 is 1.21 bits per heavy atom. The Morgan fingerprint density at radius 3 is 2.42 bits per heavy atom. The first-order valence-corrected chi connectivity index (χ1v) is 9.18. The largest absolute Gasteiger partial charge is 0.329 e. The van der Waals surface area contributed by atoms with Gasteiger partial charge in [-0.25, -0.2) is 17.9 Å². The van der Waals surface area contributed by atoms with E-state index < -0.39 is 10.0 Å². The van der Waals surface area contributed by atoms with E-state index in [1.165, 1.54) is 21.3 Å². The molecule has 0 aliphatic carbocycles. The lowest BCUT2D eigenvalue weighted by Crippen LogP contribution is -2.40. The molecule has 1 heterocycles. The van der Waals surface area contributed by atoms with Gasteiger partial charge in [0.1, 0.15) is 0 Å². The molecule has 0 amide bonds. The smallest absolute Gasteiger partial charge is 0.328 e. The third-order valence-electron chi connectivity index (χ3n) is 4.07. The number of aryl methyl sites for hydroxylation is 2. The van der Waals surface area contributed by atoms with Gasteiger partial charge in [0.2, 0.25) is 10.0 Å². The molecule has 0 radical (unpaired) electrons. The van der Waals surface area contributed by atoms with E-state index in [2.05, 4.69) is 4.72 Å². The van der Waals surface area contributed by atoms with Crippen LogP contribution >= 0.6 is 12.4 Å². The molecule has 1 unspecified atom stereocenters. The van der Waals surface area contributed by atoms with Crippen LogP contribution in [0.3, 0.4) is 0 Å². The topological polar surface area (TPSA) is 99.1 Å². The number of benzene rings is 1. The van der Waals surface area contributed by atoms with Gasteiger partial charge in [0.15, 0.2) is 0 Å². The number of hydrogen-bond donors (Lipinski definition) is 2. The monoisotopic (exact) mass is 376 g/mol. The van der Waals surface area contributed by atoms with Crippen molar-refractivity contribution >= 4 is 33.5 Å². The fraction of sp³-hybridized carbons (Fsp3) is 0.533. The van der Waals surface area contributed by atoms with Crippen LogP contribution in [0.15, 0.2) is 27.9 Å². The molecule has 2 aromatic rings. The second kappa shape index (κ2) is 8.15. The summed E-state index contributed by atoms with van der Waals surface area (Å²) >= 11 is 0. The molecule has 0 bridgehead atoms. The summed E-state index contributed by atoms with van der Waals surface area (Å²) in [5.41, 5.74) is 6.75. The van der Waals surface area contributed by atoms with Crippen molar-refractivity contribution in [2.75, 3.05) is 6.54 Å². The summed E-state index contributed by atoms with van der Waals surface area (Å²) in [5, 5.41) is 0. The Morgan fingerprint density at radius 2 is 1.83 bits per heavy atom. The van der Waals surface area contributed by atoms with E-state index in [0.717, 1.165) is 12.8 Å². The molecule has 1 atom stereocenters. The first kappa shape index (κ1) is 20.7. The summed E-state index contributed by atoms with van der Waals surface area (Å²) < 4.78 is 30.7. The molecule has 24 heavy (non-hydrogen) atoms. The number of imidazole rings is 1. The molecule has 0 spiro atoms. The van der Waals surface area contributed by atoms with Crippen molar-refractivity contribution in [1.82, 2.24) is 13.9 Å². The van der Waals surface area contributed by atoms with Gasteiger partial charge in [0.25, 0.3) is 0 Å². The van der Waals surface area contributed by atoms with E-state index in [1.54, 1.807) is 20.2 Å². The molecule has 1 aromatic heterocycles. The second-order valence-electron chi connectivity index (χ2n) is 5.75. The van der Waals surface area contributed by atoms with E-state index >= 15 is 0 Å². The van der Waals surface area contributed by atoms with Gasteiger partial charge in [-0.05, 0) is 24.6 Å². The fourth-order valence-corrected chi connectivity index (χ4v) is 3.92. The standard InChI is InChI=1S/C15H24N4O3S.ClH/c1-4-5-6-11(10-16)17-23(21,22)12-7-8-13-14(9-12)19(3)15(20)18(13)2;/h7-9,11,17H,4-6,10,16H2,1-3H3;1H. The maximum Gasteiger partial charge on any atom is 0.328 e. The van der Waals surface area contributed by atoms with Crippen LogP contribution in [0.2, 0.25) is 0 Å². The molecule has 0 saturated heterocycles. The SMILES string of the molecule is CCCCC(CN)NS(=O)(=O)c1ccc2c(c1)n(C)c(=O)n2C.Cl. The molecule has 0 aliphatic heterocycles. The number of unbranched alkanes of at least 4 members (excludes halogenated alkanes) is 1. The summed E-state index contributed by atoms with van der Waals surface area (Å²) in [5.74, 6) is 0. The van der Waals surface area contributed by atoms with Crippen LogP contribution < -0.4 is 16.1 Å². The Labute approximate surface area is 148 Å². The zero-order valence-electron chi connectivity index (χ0n) is 14.2. The minimum Gasteiger partial charge on any atom is -0.329 e. The molecule has 0 aliphatic rings. The molecule has 1 aromatic carbocycles. The van der Waals surface area contributed by atoms with Crippen molar-refractivity contribution in [2.24, 2.45) is 19.8 Å². The molecular weight excluding hydrogens is 352 g/mol. The van der Waals surface area contributed by atoms with Crippen LogP contribution in [-0.4, -0.2) is 30.1 Å². The van der Waals surface area contributed by atoms with E-state index in [0.29, 0.717) is 17.5 Å². The first-order valence-electron chi connectivity index (χ1n) is 7.69. The number of halogens is 1. The molecule has 0 fully saturated rings. The van der Waals surface area contributed by atoms with Gasteiger partial charge in [0, 0.05) is 26.7 Å². The Balaban J connectivity index is 0.00000288. The third-order valence-corrected chi connectivity index (χ3v) is 5.58. The summed E-state index contributed by atoms with van der Waals surface area (Å²) in [6.07, 6.45) is 2.60. The molecular formula is C15H25ClN4O3S. The molecule has 0 saturated carbocycles. The van der Waals surface area contributed by atoms with Crippen molar-refractivity contribution in [2.45, 2.75) is 37.1 Å². The number of sulfonamides is 1. The molecule has 136 valence electrons. The van der Waals surface area contributed by atoms with E-state index in [4.69, 9.17) is 5.73 Å². The molecule has 2 rings (SSSR count). The summed E-state index contributed by atoms with van der Waals surface area (Å²) in [7, 11) is -0.386. The van der Waals surface area contributed by atoms with Crippen LogP contribution in [0, 0.1) is 0 Å². The normalized spacial score (nSPS) is 13.0. The second-order valence-corrected chi connectivity index (χ2v) is 7.46.